The lowest BCUT2D eigenvalue weighted by atomic mass is 9.98. The summed E-state index contributed by atoms with van der Waals surface area (Å²) >= 11 is 0. The van der Waals surface area contributed by atoms with E-state index in [0.29, 0.717) is 5.92 Å². The second kappa shape index (κ2) is 7.25. The fourth-order valence-corrected chi connectivity index (χ4v) is 3.33. The van der Waals surface area contributed by atoms with E-state index in [9.17, 15) is 0 Å². The van der Waals surface area contributed by atoms with Crippen molar-refractivity contribution in [2.45, 2.75) is 39.8 Å². The van der Waals surface area contributed by atoms with Crippen LogP contribution in [0.5, 0.6) is 0 Å². The van der Waals surface area contributed by atoms with Crippen LogP contribution in [-0.2, 0) is 13.1 Å². The smallest absolute Gasteiger partial charge is 0.225 e. The van der Waals surface area contributed by atoms with Crippen molar-refractivity contribution in [1.82, 2.24) is 29.9 Å². The third-order valence-electron chi connectivity index (χ3n) is 4.28. The van der Waals surface area contributed by atoms with E-state index >= 15 is 0 Å². The van der Waals surface area contributed by atoms with Crippen molar-refractivity contribution in [1.29, 1.82) is 0 Å². The highest BCUT2D eigenvalue weighted by Crippen LogP contribution is 2.22. The number of aromatic nitrogens is 5. The summed E-state index contributed by atoms with van der Waals surface area (Å²) in [4.78, 5) is 13.6. The molecule has 3 rings (SSSR count). The molecule has 7 heteroatoms. The molecule has 7 nitrogen and oxygen atoms in total. The highest BCUT2D eigenvalue weighted by Gasteiger charge is 2.23. The SMILES string of the molecule is Cc1cc(C)nc(N2CCC[C@@H](Cn3cc(CN(C)C)nn3)C2)n1. The van der Waals surface area contributed by atoms with Crippen LogP contribution < -0.4 is 4.90 Å². The lowest BCUT2D eigenvalue weighted by molar-refractivity contribution is 0.346. The van der Waals surface area contributed by atoms with Crippen molar-refractivity contribution < 1.29 is 0 Å². The van der Waals surface area contributed by atoms with Crippen molar-refractivity contribution in [3.05, 3.63) is 29.3 Å². The number of hydrogen-bond donors (Lipinski definition) is 0. The molecule has 0 spiro atoms. The van der Waals surface area contributed by atoms with Crippen LogP contribution >= 0.6 is 0 Å². The van der Waals surface area contributed by atoms with Gasteiger partial charge in [0, 0.05) is 43.8 Å². The van der Waals surface area contributed by atoms with Crippen LogP contribution in [0.3, 0.4) is 0 Å². The average Bonchev–Trinajstić information content (AvgIpc) is 2.92. The van der Waals surface area contributed by atoms with Gasteiger partial charge in [-0.3, -0.25) is 4.68 Å². The van der Waals surface area contributed by atoms with Crippen molar-refractivity contribution in [2.75, 3.05) is 32.1 Å². The van der Waals surface area contributed by atoms with Gasteiger partial charge in [-0.15, -0.1) is 5.10 Å². The normalized spacial score (nSPS) is 18.4. The molecule has 2 aromatic heterocycles. The van der Waals surface area contributed by atoms with Gasteiger partial charge in [0.05, 0.1) is 5.69 Å². The number of rotatable bonds is 5. The largest absolute Gasteiger partial charge is 0.340 e. The lowest BCUT2D eigenvalue weighted by Gasteiger charge is -2.32. The highest BCUT2D eigenvalue weighted by molar-refractivity contribution is 5.32. The maximum Gasteiger partial charge on any atom is 0.225 e. The minimum Gasteiger partial charge on any atom is -0.340 e. The topological polar surface area (TPSA) is 63.0 Å². The first-order valence-electron chi connectivity index (χ1n) is 8.60. The molecule has 3 heterocycles. The minimum atomic E-state index is 0.553. The summed E-state index contributed by atoms with van der Waals surface area (Å²) in [5.41, 5.74) is 3.08. The van der Waals surface area contributed by atoms with E-state index in [1.54, 1.807) is 0 Å². The molecule has 1 atom stereocenters. The highest BCUT2D eigenvalue weighted by atomic mass is 15.4. The fraction of sp³-hybridized carbons (Fsp3) is 0.647. The van der Waals surface area contributed by atoms with Crippen LogP contribution in [0.2, 0.25) is 0 Å². The predicted molar refractivity (Wildman–Crippen MR) is 93.9 cm³/mol. The Bertz CT molecular complexity index is 659. The second-order valence-corrected chi connectivity index (χ2v) is 7.07. The summed E-state index contributed by atoms with van der Waals surface area (Å²) in [7, 11) is 4.09. The fourth-order valence-electron chi connectivity index (χ4n) is 3.33. The van der Waals surface area contributed by atoms with Gasteiger partial charge in [-0.05, 0) is 52.8 Å². The summed E-state index contributed by atoms with van der Waals surface area (Å²) in [5, 5.41) is 8.53. The summed E-state index contributed by atoms with van der Waals surface area (Å²) < 4.78 is 1.98. The quantitative estimate of drug-likeness (QED) is 0.831. The molecule has 2 aromatic rings. The van der Waals surface area contributed by atoms with Crippen molar-refractivity contribution in [3.63, 3.8) is 0 Å². The minimum absolute atomic E-state index is 0.553. The van der Waals surface area contributed by atoms with Crippen molar-refractivity contribution in [3.8, 4) is 0 Å². The molecule has 130 valence electrons. The van der Waals surface area contributed by atoms with Crippen LogP contribution in [-0.4, -0.2) is 57.0 Å². The number of nitrogens with zero attached hydrogens (tertiary/aromatic N) is 7. The molecule has 1 aliphatic heterocycles. The Morgan fingerprint density at radius 2 is 1.96 bits per heavy atom. The zero-order valence-corrected chi connectivity index (χ0v) is 15.1. The standard InChI is InChI=1S/C17H27N7/c1-13-8-14(2)19-17(18-13)23-7-5-6-15(9-23)10-24-12-16(20-21-24)11-22(3)4/h8,12,15H,5-7,9-11H2,1-4H3/t15-/m1/s1. The van der Waals surface area contributed by atoms with Gasteiger partial charge in [0.25, 0.3) is 0 Å². The lowest BCUT2D eigenvalue weighted by Crippen LogP contribution is -2.38. The molecule has 0 radical (unpaired) electrons. The summed E-state index contributed by atoms with van der Waals surface area (Å²) in [5.74, 6) is 1.42. The molecule has 1 fully saturated rings. The van der Waals surface area contributed by atoms with E-state index < -0.39 is 0 Å². The van der Waals surface area contributed by atoms with Crippen LogP contribution in [0.4, 0.5) is 5.95 Å². The Hall–Kier alpha value is -2.02. The number of anilines is 1. The van der Waals surface area contributed by atoms with Crippen LogP contribution in [0.25, 0.3) is 0 Å². The Labute approximate surface area is 143 Å². The maximum atomic E-state index is 4.61. The summed E-state index contributed by atoms with van der Waals surface area (Å²) in [6.07, 6.45) is 4.44. The van der Waals surface area contributed by atoms with Crippen LogP contribution in [0.15, 0.2) is 12.3 Å². The van der Waals surface area contributed by atoms with Crippen LogP contribution in [0.1, 0.15) is 29.9 Å². The van der Waals surface area contributed by atoms with Crippen LogP contribution in [0, 0.1) is 19.8 Å². The number of hydrogen-bond acceptors (Lipinski definition) is 6. The molecule has 0 amide bonds. The molecular formula is C17H27N7. The molecule has 1 saturated heterocycles. The van der Waals surface area contributed by atoms with E-state index in [4.69, 9.17) is 0 Å². The monoisotopic (exact) mass is 329 g/mol. The van der Waals surface area contributed by atoms with Crippen molar-refractivity contribution in [2.24, 2.45) is 5.92 Å². The van der Waals surface area contributed by atoms with E-state index in [0.717, 1.165) is 49.2 Å². The Kier molecular flexibility index (Phi) is 5.08. The molecule has 0 bridgehead atoms. The molecule has 24 heavy (non-hydrogen) atoms. The molecule has 0 aromatic carbocycles. The third kappa shape index (κ3) is 4.29. The average molecular weight is 329 g/mol. The predicted octanol–water partition coefficient (Wildman–Crippen LogP) is 1.66. The van der Waals surface area contributed by atoms with Gasteiger partial charge in [0.2, 0.25) is 5.95 Å². The molecule has 0 unspecified atom stereocenters. The maximum absolute atomic E-state index is 4.61. The van der Waals surface area contributed by atoms with Gasteiger partial charge < -0.3 is 9.80 Å². The molecule has 0 aliphatic carbocycles. The van der Waals surface area contributed by atoms with E-state index in [2.05, 4.69) is 36.3 Å². The van der Waals surface area contributed by atoms with Crippen molar-refractivity contribution >= 4 is 5.95 Å². The zero-order chi connectivity index (χ0) is 17.1. The van der Waals surface area contributed by atoms with E-state index in [-0.39, 0.29) is 0 Å². The second-order valence-electron chi connectivity index (χ2n) is 7.07. The molecule has 0 N–H and O–H groups in total. The first-order chi connectivity index (χ1) is 11.5. The third-order valence-corrected chi connectivity index (χ3v) is 4.28. The summed E-state index contributed by atoms with van der Waals surface area (Å²) in [6, 6.07) is 2.02. The van der Waals surface area contributed by atoms with Gasteiger partial charge in [-0.2, -0.15) is 0 Å². The van der Waals surface area contributed by atoms with Gasteiger partial charge in [-0.1, -0.05) is 5.21 Å². The van der Waals surface area contributed by atoms with E-state index in [1.165, 1.54) is 12.8 Å². The Morgan fingerprint density at radius 3 is 2.67 bits per heavy atom. The molecule has 0 saturated carbocycles. The zero-order valence-electron chi connectivity index (χ0n) is 15.1. The number of aryl methyl sites for hydroxylation is 2. The van der Waals surface area contributed by atoms with E-state index in [1.807, 2.05) is 38.7 Å². The van der Waals surface area contributed by atoms with Gasteiger partial charge >= 0.3 is 0 Å². The molecule has 1 aliphatic rings. The molecular weight excluding hydrogens is 302 g/mol. The first kappa shape index (κ1) is 16.8. The number of piperidine rings is 1. The Balaban J connectivity index is 1.64. The van der Waals surface area contributed by atoms with Gasteiger partial charge in [0.1, 0.15) is 0 Å². The first-order valence-corrected chi connectivity index (χ1v) is 8.60. The summed E-state index contributed by atoms with van der Waals surface area (Å²) in [6.45, 7) is 7.80. The van der Waals surface area contributed by atoms with Gasteiger partial charge in [-0.25, -0.2) is 9.97 Å². The van der Waals surface area contributed by atoms with Gasteiger partial charge in [0.15, 0.2) is 0 Å². The Morgan fingerprint density at radius 1 is 1.21 bits per heavy atom.